The van der Waals surface area contributed by atoms with Crippen LogP contribution in [0.4, 0.5) is 0 Å². The summed E-state index contributed by atoms with van der Waals surface area (Å²) in [6, 6.07) is 0. The van der Waals surface area contributed by atoms with Crippen molar-refractivity contribution < 1.29 is 9.63 Å². The van der Waals surface area contributed by atoms with Gasteiger partial charge in [0.05, 0.1) is 11.3 Å². The minimum Gasteiger partial charge on any atom is -0.382 e. The molecule has 1 aliphatic heterocycles. The lowest BCUT2D eigenvalue weighted by Gasteiger charge is -2.37. The third-order valence-electron chi connectivity index (χ3n) is 2.33. The monoisotopic (exact) mass is 168 g/mol. The second kappa shape index (κ2) is 2.31. The summed E-state index contributed by atoms with van der Waals surface area (Å²) >= 11 is 0. The maximum absolute atomic E-state index is 9.97. The Kier molecular flexibility index (Phi) is 1.49. The lowest BCUT2D eigenvalue weighted by molar-refractivity contribution is -0.0163. The van der Waals surface area contributed by atoms with Gasteiger partial charge in [0.2, 0.25) is 0 Å². The van der Waals surface area contributed by atoms with Crippen LogP contribution >= 0.6 is 0 Å². The van der Waals surface area contributed by atoms with Crippen LogP contribution < -0.4 is 5.32 Å². The molecule has 0 bridgehead atoms. The van der Waals surface area contributed by atoms with E-state index in [4.69, 9.17) is 4.52 Å². The Hall–Kier alpha value is -0.870. The van der Waals surface area contributed by atoms with Crippen molar-refractivity contribution in [1.29, 1.82) is 0 Å². The summed E-state index contributed by atoms with van der Waals surface area (Å²) in [5.41, 5.74) is 0.895. The molecule has 66 valence electrons. The van der Waals surface area contributed by atoms with E-state index in [1.54, 1.807) is 0 Å². The Labute approximate surface area is 70.6 Å². The van der Waals surface area contributed by atoms with Gasteiger partial charge >= 0.3 is 0 Å². The van der Waals surface area contributed by atoms with Crippen LogP contribution in [-0.2, 0) is 5.60 Å². The van der Waals surface area contributed by atoms with Crippen molar-refractivity contribution in [2.24, 2.45) is 0 Å². The van der Waals surface area contributed by atoms with Crippen LogP contribution in [0, 0.1) is 13.8 Å². The lowest BCUT2D eigenvalue weighted by atomic mass is 9.87. The van der Waals surface area contributed by atoms with E-state index >= 15 is 0 Å². The summed E-state index contributed by atoms with van der Waals surface area (Å²) in [4.78, 5) is 0. The first-order valence-corrected chi connectivity index (χ1v) is 4.00. The SMILES string of the molecule is Cc1noc(C)c1C1(O)CNC1. The Balaban J connectivity index is 2.44. The van der Waals surface area contributed by atoms with Crippen LogP contribution in [0.3, 0.4) is 0 Å². The smallest absolute Gasteiger partial charge is 0.140 e. The maximum Gasteiger partial charge on any atom is 0.140 e. The number of hydrogen-bond acceptors (Lipinski definition) is 4. The fourth-order valence-corrected chi connectivity index (χ4v) is 1.69. The van der Waals surface area contributed by atoms with Crippen molar-refractivity contribution in [2.45, 2.75) is 19.4 Å². The highest BCUT2D eigenvalue weighted by atomic mass is 16.5. The molecule has 4 nitrogen and oxygen atoms in total. The van der Waals surface area contributed by atoms with Crippen LogP contribution in [-0.4, -0.2) is 23.4 Å². The van der Waals surface area contributed by atoms with Gasteiger partial charge in [0.15, 0.2) is 0 Å². The average Bonchev–Trinajstić information content (AvgIpc) is 2.27. The number of aliphatic hydroxyl groups is 1. The van der Waals surface area contributed by atoms with Crippen LogP contribution in [0.2, 0.25) is 0 Å². The largest absolute Gasteiger partial charge is 0.382 e. The molecule has 12 heavy (non-hydrogen) atoms. The van der Waals surface area contributed by atoms with Gasteiger partial charge < -0.3 is 14.9 Å². The molecule has 4 heteroatoms. The Bertz CT molecular complexity index is 283. The zero-order valence-corrected chi connectivity index (χ0v) is 7.22. The van der Waals surface area contributed by atoms with E-state index in [0.29, 0.717) is 13.1 Å². The molecule has 2 rings (SSSR count). The second-order valence-electron chi connectivity index (χ2n) is 3.33. The summed E-state index contributed by atoms with van der Waals surface area (Å²) in [6.07, 6.45) is 0. The van der Waals surface area contributed by atoms with E-state index in [2.05, 4.69) is 10.5 Å². The van der Waals surface area contributed by atoms with Crippen LogP contribution in [0.5, 0.6) is 0 Å². The van der Waals surface area contributed by atoms with Gasteiger partial charge in [-0.25, -0.2) is 0 Å². The Morgan fingerprint density at radius 1 is 1.50 bits per heavy atom. The van der Waals surface area contributed by atoms with E-state index < -0.39 is 5.60 Å². The highest BCUT2D eigenvalue weighted by Crippen LogP contribution is 2.30. The van der Waals surface area contributed by atoms with Crippen molar-refractivity contribution in [3.8, 4) is 0 Å². The van der Waals surface area contributed by atoms with Crippen LogP contribution in [0.1, 0.15) is 17.0 Å². The summed E-state index contributed by atoms with van der Waals surface area (Å²) in [6.45, 7) is 4.86. The molecular weight excluding hydrogens is 156 g/mol. The molecule has 0 aromatic carbocycles. The number of nitrogens with one attached hydrogen (secondary N) is 1. The molecule has 1 saturated heterocycles. The first-order chi connectivity index (χ1) is 5.63. The standard InChI is InChI=1S/C8H12N2O2/c1-5-7(6(2)12-10-5)8(11)3-9-4-8/h9,11H,3-4H2,1-2H3. The molecule has 0 unspecified atom stereocenters. The van der Waals surface area contributed by atoms with Crippen molar-refractivity contribution in [2.75, 3.05) is 13.1 Å². The predicted octanol–water partition coefficient (Wildman–Crippen LogP) is 0.0822. The number of aryl methyl sites for hydroxylation is 2. The first kappa shape index (κ1) is 7.76. The van der Waals surface area contributed by atoms with Crippen LogP contribution in [0.25, 0.3) is 0 Å². The molecule has 1 aromatic rings. The van der Waals surface area contributed by atoms with Gasteiger partial charge in [-0.15, -0.1) is 0 Å². The normalized spacial score (nSPS) is 20.6. The molecule has 1 aliphatic rings. The third kappa shape index (κ3) is 0.884. The average molecular weight is 168 g/mol. The minimum atomic E-state index is -0.742. The zero-order valence-electron chi connectivity index (χ0n) is 7.22. The summed E-state index contributed by atoms with van der Waals surface area (Å²) in [5.74, 6) is 0.719. The van der Waals surface area contributed by atoms with Gasteiger partial charge in [-0.3, -0.25) is 0 Å². The molecule has 1 aromatic heterocycles. The fourth-order valence-electron chi connectivity index (χ4n) is 1.69. The second-order valence-corrected chi connectivity index (χ2v) is 3.33. The molecule has 0 spiro atoms. The molecule has 0 radical (unpaired) electrons. The molecule has 2 heterocycles. The van der Waals surface area contributed by atoms with Crippen molar-refractivity contribution in [3.05, 3.63) is 17.0 Å². The van der Waals surface area contributed by atoms with Crippen molar-refractivity contribution >= 4 is 0 Å². The minimum absolute atomic E-state index is 0.593. The highest BCUT2D eigenvalue weighted by Gasteiger charge is 2.40. The van der Waals surface area contributed by atoms with Gasteiger partial charge in [-0.2, -0.15) is 0 Å². The molecule has 0 saturated carbocycles. The first-order valence-electron chi connectivity index (χ1n) is 4.00. The number of rotatable bonds is 1. The van der Waals surface area contributed by atoms with E-state index in [1.165, 1.54) is 0 Å². The number of hydrogen-bond donors (Lipinski definition) is 2. The third-order valence-corrected chi connectivity index (χ3v) is 2.33. The van der Waals surface area contributed by atoms with Crippen molar-refractivity contribution in [1.82, 2.24) is 10.5 Å². The lowest BCUT2D eigenvalue weighted by Crippen LogP contribution is -2.57. The highest BCUT2D eigenvalue weighted by molar-refractivity contribution is 5.31. The van der Waals surface area contributed by atoms with Crippen molar-refractivity contribution in [3.63, 3.8) is 0 Å². The molecule has 0 atom stereocenters. The zero-order chi connectivity index (χ0) is 8.77. The summed E-state index contributed by atoms with van der Waals surface area (Å²) in [5, 5.41) is 16.8. The Morgan fingerprint density at radius 2 is 2.17 bits per heavy atom. The molecule has 1 fully saturated rings. The number of aromatic nitrogens is 1. The molecule has 0 aliphatic carbocycles. The van der Waals surface area contributed by atoms with E-state index in [1.807, 2.05) is 13.8 Å². The number of nitrogens with zero attached hydrogens (tertiary/aromatic N) is 1. The molecule has 2 N–H and O–H groups in total. The molecule has 0 amide bonds. The fraction of sp³-hybridized carbons (Fsp3) is 0.625. The van der Waals surface area contributed by atoms with Crippen LogP contribution in [0.15, 0.2) is 4.52 Å². The van der Waals surface area contributed by atoms with Gasteiger partial charge in [0, 0.05) is 13.1 Å². The molecular formula is C8H12N2O2. The van der Waals surface area contributed by atoms with Gasteiger partial charge in [0.25, 0.3) is 0 Å². The predicted molar refractivity (Wildman–Crippen MR) is 42.7 cm³/mol. The number of β-amino-alcohol motifs (C(OH)–C–C–N with tert-alkyl or cyclic N) is 1. The van der Waals surface area contributed by atoms with Gasteiger partial charge in [0.1, 0.15) is 11.4 Å². The van der Waals surface area contributed by atoms with E-state index in [0.717, 1.165) is 17.0 Å². The van der Waals surface area contributed by atoms with Gasteiger partial charge in [-0.05, 0) is 13.8 Å². The van der Waals surface area contributed by atoms with Gasteiger partial charge in [-0.1, -0.05) is 5.16 Å². The topological polar surface area (TPSA) is 58.3 Å². The quantitative estimate of drug-likeness (QED) is 0.623. The van der Waals surface area contributed by atoms with E-state index in [-0.39, 0.29) is 0 Å². The summed E-state index contributed by atoms with van der Waals surface area (Å²) in [7, 11) is 0. The Morgan fingerprint density at radius 3 is 2.50 bits per heavy atom. The van der Waals surface area contributed by atoms with E-state index in [9.17, 15) is 5.11 Å². The maximum atomic E-state index is 9.97. The summed E-state index contributed by atoms with van der Waals surface area (Å²) < 4.78 is 4.98.